The van der Waals surface area contributed by atoms with Crippen LogP contribution in [-0.2, 0) is 4.74 Å². The summed E-state index contributed by atoms with van der Waals surface area (Å²) in [6.07, 6.45) is 0.818. The van der Waals surface area contributed by atoms with Crippen LogP contribution in [-0.4, -0.2) is 30.4 Å². The third kappa shape index (κ3) is 3.01. The number of phenols is 1. The third-order valence-electron chi connectivity index (χ3n) is 2.55. The van der Waals surface area contributed by atoms with E-state index >= 15 is 0 Å². The number of carbonyl (C=O) groups excluding carboxylic acids is 1. The number of urea groups is 1. The molecule has 1 aromatic carbocycles. The van der Waals surface area contributed by atoms with Gasteiger partial charge in [-0.3, -0.25) is 0 Å². The fraction of sp³-hybridized carbons (Fsp3) is 0.364. The van der Waals surface area contributed by atoms with Gasteiger partial charge in [0.1, 0.15) is 5.75 Å². The number of aromatic hydroxyl groups is 1. The van der Waals surface area contributed by atoms with Gasteiger partial charge in [0.25, 0.3) is 0 Å². The molecule has 1 aliphatic heterocycles. The maximum atomic E-state index is 11.6. The zero-order valence-electron chi connectivity index (χ0n) is 9.27. The summed E-state index contributed by atoms with van der Waals surface area (Å²) in [7, 11) is 0. The van der Waals surface area contributed by atoms with Gasteiger partial charge in [-0.1, -0.05) is 0 Å². The average Bonchev–Trinajstić information content (AvgIpc) is 2.75. The first-order chi connectivity index (χ1) is 8.15. The summed E-state index contributed by atoms with van der Waals surface area (Å²) in [6, 6.07) is 4.13. The van der Waals surface area contributed by atoms with Crippen molar-refractivity contribution in [3.63, 3.8) is 0 Å². The average molecular weight is 237 g/mol. The lowest BCUT2D eigenvalue weighted by Gasteiger charge is -2.13. The van der Waals surface area contributed by atoms with E-state index in [1.54, 1.807) is 6.07 Å². The van der Waals surface area contributed by atoms with Gasteiger partial charge in [-0.2, -0.15) is 0 Å². The van der Waals surface area contributed by atoms with Crippen LogP contribution in [0.15, 0.2) is 18.2 Å². The number of phenolic OH excluding ortho intramolecular Hbond substituents is 1. The fourth-order valence-corrected chi connectivity index (χ4v) is 1.66. The Bertz CT molecular complexity index is 416. The van der Waals surface area contributed by atoms with E-state index in [1.165, 1.54) is 12.1 Å². The molecule has 0 radical (unpaired) electrons. The summed E-state index contributed by atoms with van der Waals surface area (Å²) in [5, 5.41) is 14.6. The first kappa shape index (κ1) is 11.5. The number of nitrogens with one attached hydrogen (secondary N) is 2. The molecule has 1 fully saturated rings. The molecule has 17 heavy (non-hydrogen) atoms. The summed E-state index contributed by atoms with van der Waals surface area (Å²) in [5.74, 6) is 0.0673. The lowest BCUT2D eigenvalue weighted by Crippen LogP contribution is -2.38. The van der Waals surface area contributed by atoms with Crippen molar-refractivity contribution in [2.24, 2.45) is 0 Å². The van der Waals surface area contributed by atoms with Gasteiger partial charge in [-0.15, -0.1) is 0 Å². The summed E-state index contributed by atoms with van der Waals surface area (Å²) >= 11 is 0. The van der Waals surface area contributed by atoms with Crippen LogP contribution in [0.1, 0.15) is 6.42 Å². The van der Waals surface area contributed by atoms with Gasteiger partial charge in [-0.25, -0.2) is 4.79 Å². The van der Waals surface area contributed by atoms with Gasteiger partial charge in [0, 0.05) is 12.7 Å². The number of hydrogen-bond donors (Lipinski definition) is 4. The molecule has 0 aliphatic carbocycles. The van der Waals surface area contributed by atoms with Gasteiger partial charge in [0.15, 0.2) is 0 Å². The Morgan fingerprint density at radius 1 is 1.53 bits per heavy atom. The van der Waals surface area contributed by atoms with E-state index < -0.39 is 0 Å². The molecule has 1 aliphatic rings. The standard InChI is InChI=1S/C11H15N3O3/c12-9-5-8(15)1-2-10(9)14-11(16)13-7-3-4-17-6-7/h1-2,5,7,15H,3-4,6,12H2,(H2,13,14,16). The number of nitrogen functional groups attached to an aromatic ring is 1. The molecule has 92 valence electrons. The van der Waals surface area contributed by atoms with Crippen LogP contribution in [0.2, 0.25) is 0 Å². The monoisotopic (exact) mass is 237 g/mol. The Balaban J connectivity index is 1.93. The molecule has 0 bridgehead atoms. The molecule has 1 saturated heterocycles. The maximum Gasteiger partial charge on any atom is 0.319 e. The number of carbonyl (C=O) groups is 1. The van der Waals surface area contributed by atoms with Crippen molar-refractivity contribution in [2.75, 3.05) is 24.3 Å². The molecule has 2 rings (SSSR count). The molecule has 5 N–H and O–H groups in total. The lowest BCUT2D eigenvalue weighted by molar-refractivity contribution is 0.189. The number of nitrogens with two attached hydrogens (primary N) is 1. The second-order valence-corrected chi connectivity index (χ2v) is 3.93. The Labute approximate surface area is 98.8 Å². The molecule has 0 saturated carbocycles. The molecule has 2 amide bonds. The van der Waals surface area contributed by atoms with Crippen LogP contribution in [0.25, 0.3) is 0 Å². The first-order valence-corrected chi connectivity index (χ1v) is 5.39. The zero-order chi connectivity index (χ0) is 12.3. The minimum Gasteiger partial charge on any atom is -0.508 e. The summed E-state index contributed by atoms with van der Waals surface area (Å²) < 4.78 is 5.15. The van der Waals surface area contributed by atoms with E-state index in [1.807, 2.05) is 0 Å². The molecule has 1 unspecified atom stereocenters. The quantitative estimate of drug-likeness (QED) is 0.453. The predicted molar refractivity (Wildman–Crippen MR) is 63.9 cm³/mol. The fourth-order valence-electron chi connectivity index (χ4n) is 1.66. The molecule has 0 aromatic heterocycles. The highest BCUT2D eigenvalue weighted by molar-refractivity contribution is 5.92. The van der Waals surface area contributed by atoms with Crippen molar-refractivity contribution < 1.29 is 14.6 Å². The van der Waals surface area contributed by atoms with Crippen molar-refractivity contribution in [1.29, 1.82) is 0 Å². The van der Waals surface area contributed by atoms with Crippen molar-refractivity contribution in [1.82, 2.24) is 5.32 Å². The summed E-state index contributed by atoms with van der Waals surface area (Å²) in [6.45, 7) is 1.21. The zero-order valence-corrected chi connectivity index (χ0v) is 9.27. The SMILES string of the molecule is Nc1cc(O)ccc1NC(=O)NC1CCOC1. The first-order valence-electron chi connectivity index (χ1n) is 5.39. The van der Waals surface area contributed by atoms with E-state index in [2.05, 4.69) is 10.6 Å². The van der Waals surface area contributed by atoms with Crippen LogP contribution in [0.4, 0.5) is 16.2 Å². The highest BCUT2D eigenvalue weighted by Gasteiger charge is 2.17. The summed E-state index contributed by atoms with van der Waals surface area (Å²) in [4.78, 5) is 11.6. The second kappa shape index (κ2) is 4.92. The highest BCUT2D eigenvalue weighted by atomic mass is 16.5. The van der Waals surface area contributed by atoms with E-state index in [0.717, 1.165) is 6.42 Å². The van der Waals surface area contributed by atoms with Crippen LogP contribution in [0.5, 0.6) is 5.75 Å². The van der Waals surface area contributed by atoms with E-state index in [9.17, 15) is 9.90 Å². The number of anilines is 2. The molecule has 1 aromatic rings. The molecule has 6 nitrogen and oxygen atoms in total. The number of amides is 2. The maximum absolute atomic E-state index is 11.6. The predicted octanol–water partition coefficient (Wildman–Crippen LogP) is 0.885. The number of benzene rings is 1. The molecule has 1 heterocycles. The number of rotatable bonds is 2. The van der Waals surface area contributed by atoms with E-state index in [0.29, 0.717) is 24.6 Å². The van der Waals surface area contributed by atoms with Crippen LogP contribution < -0.4 is 16.4 Å². The Morgan fingerprint density at radius 2 is 2.35 bits per heavy atom. The Kier molecular flexibility index (Phi) is 3.34. The molecule has 1 atom stereocenters. The van der Waals surface area contributed by atoms with Crippen molar-refractivity contribution in [2.45, 2.75) is 12.5 Å². The topological polar surface area (TPSA) is 96.6 Å². The van der Waals surface area contributed by atoms with Crippen LogP contribution >= 0.6 is 0 Å². The van der Waals surface area contributed by atoms with Gasteiger partial charge in [-0.05, 0) is 18.6 Å². The largest absolute Gasteiger partial charge is 0.508 e. The van der Waals surface area contributed by atoms with Gasteiger partial charge >= 0.3 is 6.03 Å². The Hall–Kier alpha value is -1.95. The minimum atomic E-state index is -0.321. The van der Waals surface area contributed by atoms with E-state index in [4.69, 9.17) is 10.5 Å². The minimum absolute atomic E-state index is 0.0494. The van der Waals surface area contributed by atoms with Crippen molar-refractivity contribution in [3.05, 3.63) is 18.2 Å². The highest BCUT2D eigenvalue weighted by Crippen LogP contribution is 2.23. The molecular formula is C11H15N3O3. The van der Waals surface area contributed by atoms with Crippen LogP contribution in [0.3, 0.4) is 0 Å². The van der Waals surface area contributed by atoms with Crippen molar-refractivity contribution in [3.8, 4) is 5.75 Å². The van der Waals surface area contributed by atoms with E-state index in [-0.39, 0.29) is 17.8 Å². The number of ether oxygens (including phenoxy) is 1. The lowest BCUT2D eigenvalue weighted by atomic mass is 10.2. The van der Waals surface area contributed by atoms with Gasteiger partial charge < -0.3 is 26.2 Å². The van der Waals surface area contributed by atoms with Crippen molar-refractivity contribution >= 4 is 17.4 Å². The number of hydrogen-bond acceptors (Lipinski definition) is 4. The summed E-state index contributed by atoms with van der Waals surface area (Å²) in [5.41, 5.74) is 6.44. The smallest absolute Gasteiger partial charge is 0.319 e. The normalized spacial score (nSPS) is 18.9. The molecule has 6 heteroatoms. The van der Waals surface area contributed by atoms with Gasteiger partial charge in [0.05, 0.1) is 24.0 Å². The third-order valence-corrected chi connectivity index (χ3v) is 2.55. The molecule has 0 spiro atoms. The second-order valence-electron chi connectivity index (χ2n) is 3.93. The van der Waals surface area contributed by atoms with Gasteiger partial charge in [0.2, 0.25) is 0 Å². The van der Waals surface area contributed by atoms with Crippen LogP contribution in [0, 0.1) is 0 Å². The Morgan fingerprint density at radius 3 is 3.00 bits per heavy atom. The molecular weight excluding hydrogens is 222 g/mol.